The number of nitrogens with one attached hydrogen (secondary N) is 2. The van der Waals surface area contributed by atoms with E-state index >= 15 is 0 Å². The molecule has 38 heavy (non-hydrogen) atoms. The third-order valence-corrected chi connectivity index (χ3v) is 6.08. The van der Waals surface area contributed by atoms with E-state index in [-0.39, 0.29) is 22.6 Å². The molecule has 8 heteroatoms. The van der Waals surface area contributed by atoms with Gasteiger partial charge in [0.15, 0.2) is 0 Å². The molecule has 5 rings (SSSR count). The average Bonchev–Trinajstić information content (AvgIpc) is 3.33. The van der Waals surface area contributed by atoms with E-state index in [4.69, 9.17) is 0 Å². The zero-order valence-electron chi connectivity index (χ0n) is 20.6. The average molecular weight is 507 g/mol. The first-order chi connectivity index (χ1) is 18.3. The number of benzene rings is 2. The number of nitrogens with zero attached hydrogens (tertiary/aromatic N) is 2. The minimum Gasteiger partial charge on any atom is -0.508 e. The molecule has 2 aromatic carbocycles. The second-order valence-corrected chi connectivity index (χ2v) is 8.92. The summed E-state index contributed by atoms with van der Waals surface area (Å²) in [4.78, 5) is 32.9. The molecule has 0 aliphatic rings. The Morgan fingerprint density at radius 1 is 1.05 bits per heavy atom. The summed E-state index contributed by atoms with van der Waals surface area (Å²) in [5.74, 6) is 4.69. The Bertz CT molecular complexity index is 1780. The third kappa shape index (κ3) is 5.18. The van der Waals surface area contributed by atoms with E-state index in [0.29, 0.717) is 22.5 Å². The summed E-state index contributed by atoms with van der Waals surface area (Å²) in [6.45, 7) is 1.74. The van der Waals surface area contributed by atoms with E-state index in [0.717, 1.165) is 17.0 Å². The Balaban J connectivity index is 1.50. The number of aryl methyl sites for hydroxylation is 2. The number of pyridine rings is 2. The van der Waals surface area contributed by atoms with Crippen molar-refractivity contribution in [2.75, 3.05) is 0 Å². The van der Waals surface area contributed by atoms with Crippen LogP contribution < -0.4 is 10.9 Å². The fourth-order valence-electron chi connectivity index (χ4n) is 4.16. The maximum absolute atomic E-state index is 14.2. The van der Waals surface area contributed by atoms with Crippen LogP contribution in [0.3, 0.4) is 0 Å². The molecule has 3 aromatic heterocycles. The van der Waals surface area contributed by atoms with Crippen molar-refractivity contribution in [1.82, 2.24) is 19.9 Å². The van der Waals surface area contributed by atoms with Gasteiger partial charge in [-0.05, 0) is 60.8 Å². The summed E-state index contributed by atoms with van der Waals surface area (Å²) < 4.78 is 15.6. The first kappa shape index (κ1) is 24.5. The SMILES string of the molecule is Cc1cc(C#Cc2ccn(C)c(=O)c2)cc(C(=O)N[C@H](c2cc3ccccc3[nH]2)c2cc(F)ccc2O)n1. The molecule has 7 nitrogen and oxygen atoms in total. The van der Waals surface area contributed by atoms with Crippen LogP contribution in [-0.4, -0.2) is 25.5 Å². The molecule has 1 atom stereocenters. The molecular weight excluding hydrogens is 483 g/mol. The number of aromatic hydroxyl groups is 1. The van der Waals surface area contributed by atoms with Crippen molar-refractivity contribution in [1.29, 1.82) is 0 Å². The number of phenols is 1. The molecule has 3 N–H and O–H groups in total. The number of amides is 1. The van der Waals surface area contributed by atoms with Gasteiger partial charge in [0, 0.05) is 52.9 Å². The Hall–Kier alpha value is -5.16. The number of carbonyl (C=O) groups is 1. The van der Waals surface area contributed by atoms with Crippen LogP contribution in [-0.2, 0) is 7.05 Å². The van der Waals surface area contributed by atoms with E-state index in [1.165, 1.54) is 22.8 Å². The van der Waals surface area contributed by atoms with E-state index in [2.05, 4.69) is 27.1 Å². The van der Waals surface area contributed by atoms with E-state index < -0.39 is 17.8 Å². The standard InChI is InChI=1S/C30H23FN4O3/c1-18-13-20(8-7-19-11-12-35(2)28(37)15-19)14-26(32-18)30(38)34-29(23-17-22(31)9-10-27(23)36)25-16-21-5-3-4-6-24(21)33-25/h3-6,9-17,29,33,36H,1-2H3,(H,34,38)/t29-/m0/s1. The number of carbonyl (C=O) groups excluding carboxylic acids is 1. The van der Waals surface area contributed by atoms with E-state index in [1.807, 2.05) is 30.3 Å². The summed E-state index contributed by atoms with van der Waals surface area (Å²) in [6.07, 6.45) is 1.63. The molecule has 0 saturated carbocycles. The molecular formula is C30H23FN4O3. The van der Waals surface area contributed by atoms with Gasteiger partial charge in [0.05, 0.1) is 6.04 Å². The van der Waals surface area contributed by atoms with E-state index in [1.54, 1.807) is 38.4 Å². The number of hydrogen-bond donors (Lipinski definition) is 3. The number of rotatable bonds is 4. The molecule has 0 radical (unpaired) electrons. The quantitative estimate of drug-likeness (QED) is 0.316. The number of fused-ring (bicyclic) bond motifs is 1. The van der Waals surface area contributed by atoms with Gasteiger partial charge in [0.1, 0.15) is 17.3 Å². The van der Waals surface area contributed by atoms with Crippen molar-refractivity contribution in [3.8, 4) is 17.6 Å². The summed E-state index contributed by atoms with van der Waals surface area (Å²) in [7, 11) is 1.66. The zero-order chi connectivity index (χ0) is 26.8. The maximum Gasteiger partial charge on any atom is 0.270 e. The number of para-hydroxylation sites is 1. The summed E-state index contributed by atoms with van der Waals surface area (Å²) in [5.41, 5.74) is 3.19. The van der Waals surface area contributed by atoms with Crippen LogP contribution >= 0.6 is 0 Å². The second kappa shape index (κ2) is 10.1. The number of phenolic OH excluding ortho intramolecular Hbond substituents is 1. The highest BCUT2D eigenvalue weighted by Crippen LogP contribution is 2.31. The van der Waals surface area contributed by atoms with Crippen LogP contribution in [0.5, 0.6) is 5.75 Å². The first-order valence-electron chi connectivity index (χ1n) is 11.8. The molecule has 0 spiro atoms. The molecule has 5 aromatic rings. The van der Waals surface area contributed by atoms with Crippen LogP contribution in [0, 0.1) is 24.6 Å². The van der Waals surface area contributed by atoms with Crippen LogP contribution in [0.2, 0.25) is 0 Å². The predicted octanol–water partition coefficient (Wildman–Crippen LogP) is 4.33. The van der Waals surface area contributed by atoms with Gasteiger partial charge in [-0.15, -0.1) is 0 Å². The van der Waals surface area contributed by atoms with Crippen LogP contribution in [0.4, 0.5) is 4.39 Å². The Morgan fingerprint density at radius 3 is 2.63 bits per heavy atom. The fraction of sp³-hybridized carbons (Fsp3) is 0.100. The van der Waals surface area contributed by atoms with Gasteiger partial charge >= 0.3 is 0 Å². The predicted molar refractivity (Wildman–Crippen MR) is 142 cm³/mol. The second-order valence-electron chi connectivity index (χ2n) is 8.92. The van der Waals surface area contributed by atoms with Gasteiger partial charge in [-0.25, -0.2) is 9.37 Å². The summed E-state index contributed by atoms with van der Waals surface area (Å²) in [6, 6.07) is 18.6. The number of aromatic amines is 1. The van der Waals surface area contributed by atoms with Crippen molar-refractivity contribution in [2.24, 2.45) is 7.05 Å². The molecule has 3 heterocycles. The minimum atomic E-state index is -0.886. The fourth-order valence-corrected chi connectivity index (χ4v) is 4.16. The molecule has 0 fully saturated rings. The molecule has 0 saturated heterocycles. The lowest BCUT2D eigenvalue weighted by molar-refractivity contribution is 0.0936. The third-order valence-electron chi connectivity index (χ3n) is 6.08. The first-order valence-corrected chi connectivity index (χ1v) is 11.8. The Morgan fingerprint density at radius 2 is 1.84 bits per heavy atom. The Labute approximate surface area is 217 Å². The molecule has 0 unspecified atom stereocenters. The topological polar surface area (TPSA) is 100 Å². The lowest BCUT2D eigenvalue weighted by Crippen LogP contribution is -2.30. The highest BCUT2D eigenvalue weighted by Gasteiger charge is 2.24. The van der Waals surface area contributed by atoms with Gasteiger partial charge in [-0.3, -0.25) is 9.59 Å². The molecule has 0 bridgehead atoms. The highest BCUT2D eigenvalue weighted by atomic mass is 19.1. The van der Waals surface area contributed by atoms with Gasteiger partial charge in [0.25, 0.3) is 11.5 Å². The lowest BCUT2D eigenvalue weighted by atomic mass is 10.0. The zero-order valence-corrected chi connectivity index (χ0v) is 20.6. The summed E-state index contributed by atoms with van der Waals surface area (Å²) in [5, 5.41) is 14.3. The number of H-pyrrole nitrogens is 1. The molecule has 188 valence electrons. The van der Waals surface area contributed by atoms with Crippen LogP contribution in [0.25, 0.3) is 10.9 Å². The van der Waals surface area contributed by atoms with Gasteiger partial charge in [0.2, 0.25) is 0 Å². The molecule has 1 amide bonds. The minimum absolute atomic E-state index is 0.107. The molecule has 0 aliphatic carbocycles. The maximum atomic E-state index is 14.2. The Kier molecular flexibility index (Phi) is 6.50. The smallest absolute Gasteiger partial charge is 0.270 e. The van der Waals surface area contributed by atoms with Gasteiger partial charge in [-0.1, -0.05) is 30.0 Å². The highest BCUT2D eigenvalue weighted by molar-refractivity contribution is 5.93. The number of halogens is 1. The van der Waals surface area contributed by atoms with Gasteiger partial charge < -0.3 is 20.0 Å². The van der Waals surface area contributed by atoms with E-state index in [9.17, 15) is 19.1 Å². The van der Waals surface area contributed by atoms with Crippen LogP contribution in [0.1, 0.15) is 44.6 Å². The van der Waals surface area contributed by atoms with Crippen molar-refractivity contribution in [3.63, 3.8) is 0 Å². The van der Waals surface area contributed by atoms with Gasteiger partial charge in [-0.2, -0.15) is 0 Å². The van der Waals surface area contributed by atoms with Crippen molar-refractivity contribution in [2.45, 2.75) is 13.0 Å². The van der Waals surface area contributed by atoms with Crippen LogP contribution in [0.15, 0.2) is 83.8 Å². The number of aromatic nitrogens is 3. The van der Waals surface area contributed by atoms with Crippen molar-refractivity contribution < 1.29 is 14.3 Å². The van der Waals surface area contributed by atoms with Crippen molar-refractivity contribution >= 4 is 16.8 Å². The monoisotopic (exact) mass is 506 g/mol. The normalized spacial score (nSPS) is 11.6. The largest absolute Gasteiger partial charge is 0.508 e. The molecule has 0 aliphatic heterocycles. The summed E-state index contributed by atoms with van der Waals surface area (Å²) >= 11 is 0. The number of hydrogen-bond acceptors (Lipinski definition) is 4. The van der Waals surface area contributed by atoms with Crippen molar-refractivity contribution in [3.05, 3.63) is 129 Å². The lowest BCUT2D eigenvalue weighted by Gasteiger charge is -2.19.